The number of rotatable bonds is 2. The van der Waals surface area contributed by atoms with Crippen LogP contribution in [0.15, 0.2) is 0 Å². The first-order valence-corrected chi connectivity index (χ1v) is 6.46. The summed E-state index contributed by atoms with van der Waals surface area (Å²) in [5.74, 6) is 0. The molecule has 72 valence electrons. The molecule has 12 heavy (non-hydrogen) atoms. The molecule has 0 aliphatic heterocycles. The molecule has 1 saturated carbocycles. The zero-order valence-corrected chi connectivity index (χ0v) is 8.71. The van der Waals surface area contributed by atoms with Crippen molar-refractivity contribution in [2.24, 2.45) is 0 Å². The first kappa shape index (κ1) is 10.3. The lowest BCUT2D eigenvalue weighted by Gasteiger charge is -2.32. The lowest BCUT2D eigenvalue weighted by atomic mass is 9.84. The van der Waals surface area contributed by atoms with E-state index in [1.165, 1.54) is 6.42 Å². The average Bonchev–Trinajstić information content (AvgIpc) is 1.83. The summed E-state index contributed by atoms with van der Waals surface area (Å²) >= 11 is 0. The minimum Gasteiger partial charge on any atom is -0.196 e. The number of halogens is 1. The largest absolute Gasteiger partial charge is 0.297 e. The molecule has 0 bridgehead atoms. The second kappa shape index (κ2) is 3.52. The highest BCUT2D eigenvalue weighted by Gasteiger charge is 2.30. The molecule has 1 fully saturated rings. The third-order valence-electron chi connectivity index (χ3n) is 2.33. The van der Waals surface area contributed by atoms with Gasteiger partial charge in [-0.05, 0) is 19.8 Å². The molecule has 0 saturated heterocycles. The van der Waals surface area contributed by atoms with Crippen LogP contribution in [0.1, 0.15) is 39.0 Å². The van der Waals surface area contributed by atoms with Gasteiger partial charge in [0.15, 0.2) is 0 Å². The van der Waals surface area contributed by atoms with E-state index in [9.17, 15) is 8.42 Å². The van der Waals surface area contributed by atoms with E-state index in [2.05, 4.69) is 4.72 Å². The number of nitrogens with one attached hydrogen (secondary N) is 1. The Morgan fingerprint density at radius 2 is 1.75 bits per heavy atom. The third-order valence-corrected chi connectivity index (χ3v) is 3.29. The fourth-order valence-corrected chi connectivity index (χ4v) is 3.08. The van der Waals surface area contributed by atoms with Crippen LogP contribution in [0, 0.1) is 0 Å². The SMILES string of the molecule is CC1(NS(=O)(=O)Cl)CCCCC1. The van der Waals surface area contributed by atoms with E-state index >= 15 is 0 Å². The quantitative estimate of drug-likeness (QED) is 0.708. The Balaban J connectivity index is 2.59. The van der Waals surface area contributed by atoms with Gasteiger partial charge in [-0.1, -0.05) is 19.3 Å². The van der Waals surface area contributed by atoms with E-state index in [-0.39, 0.29) is 5.54 Å². The van der Waals surface area contributed by atoms with Crippen molar-refractivity contribution in [1.82, 2.24) is 4.72 Å². The fourth-order valence-electron chi connectivity index (χ4n) is 1.73. The van der Waals surface area contributed by atoms with Crippen LogP contribution in [0.3, 0.4) is 0 Å². The molecular weight excluding hydrogens is 198 g/mol. The lowest BCUT2D eigenvalue weighted by Crippen LogP contribution is -2.45. The molecule has 0 heterocycles. The van der Waals surface area contributed by atoms with Crippen molar-refractivity contribution in [1.29, 1.82) is 0 Å². The van der Waals surface area contributed by atoms with Crippen LogP contribution in [-0.2, 0) is 9.24 Å². The minimum absolute atomic E-state index is 0.307. The summed E-state index contributed by atoms with van der Waals surface area (Å²) in [7, 11) is 1.56. The molecule has 0 radical (unpaired) electrons. The summed E-state index contributed by atoms with van der Waals surface area (Å²) in [5, 5.41) is 0. The summed E-state index contributed by atoms with van der Waals surface area (Å²) in [6, 6.07) is 0. The number of hydrogen-bond donors (Lipinski definition) is 1. The van der Waals surface area contributed by atoms with Gasteiger partial charge in [0.05, 0.1) is 0 Å². The maximum atomic E-state index is 10.8. The Bertz CT molecular complexity index is 244. The van der Waals surface area contributed by atoms with Crippen LogP contribution >= 0.6 is 10.7 Å². The third kappa shape index (κ3) is 3.29. The predicted octanol–water partition coefficient (Wildman–Crippen LogP) is 1.78. The zero-order valence-electron chi connectivity index (χ0n) is 7.14. The van der Waals surface area contributed by atoms with Crippen LogP contribution in [0.2, 0.25) is 0 Å². The highest BCUT2D eigenvalue weighted by molar-refractivity contribution is 8.12. The molecule has 5 heteroatoms. The molecule has 0 aromatic carbocycles. The molecular formula is C7H14ClNO2S. The topological polar surface area (TPSA) is 46.2 Å². The van der Waals surface area contributed by atoms with Crippen molar-refractivity contribution in [3.63, 3.8) is 0 Å². The van der Waals surface area contributed by atoms with Gasteiger partial charge in [0.2, 0.25) is 0 Å². The van der Waals surface area contributed by atoms with E-state index in [1.54, 1.807) is 0 Å². The van der Waals surface area contributed by atoms with E-state index in [0.717, 1.165) is 25.7 Å². The van der Waals surface area contributed by atoms with Gasteiger partial charge in [0, 0.05) is 16.2 Å². The molecule has 1 aliphatic rings. The lowest BCUT2D eigenvalue weighted by molar-refractivity contribution is 0.295. The van der Waals surface area contributed by atoms with Gasteiger partial charge < -0.3 is 0 Å². The molecule has 0 aromatic heterocycles. The second-order valence-electron chi connectivity index (χ2n) is 3.66. The highest BCUT2D eigenvalue weighted by atomic mass is 35.7. The monoisotopic (exact) mass is 211 g/mol. The van der Waals surface area contributed by atoms with Crippen molar-refractivity contribution < 1.29 is 8.42 Å². The first-order valence-electron chi connectivity index (χ1n) is 4.15. The fraction of sp³-hybridized carbons (Fsp3) is 1.00. The van der Waals surface area contributed by atoms with E-state index in [0.29, 0.717) is 0 Å². The van der Waals surface area contributed by atoms with Crippen LogP contribution in [-0.4, -0.2) is 14.0 Å². The molecule has 3 nitrogen and oxygen atoms in total. The smallest absolute Gasteiger partial charge is 0.196 e. The second-order valence-corrected chi connectivity index (χ2v) is 5.96. The van der Waals surface area contributed by atoms with E-state index in [1.807, 2.05) is 6.92 Å². The Labute approximate surface area is 78.0 Å². The Morgan fingerprint density at radius 1 is 1.25 bits per heavy atom. The van der Waals surface area contributed by atoms with Gasteiger partial charge in [0.1, 0.15) is 0 Å². The first-order chi connectivity index (χ1) is 5.41. The normalized spacial score (nSPS) is 23.8. The van der Waals surface area contributed by atoms with Gasteiger partial charge >= 0.3 is 0 Å². The highest BCUT2D eigenvalue weighted by Crippen LogP contribution is 2.28. The van der Waals surface area contributed by atoms with Crippen LogP contribution in [0.4, 0.5) is 0 Å². The molecule has 1 rings (SSSR count). The summed E-state index contributed by atoms with van der Waals surface area (Å²) in [6.45, 7) is 1.91. The minimum atomic E-state index is -3.56. The molecule has 0 spiro atoms. The van der Waals surface area contributed by atoms with Crippen molar-refractivity contribution in [3.05, 3.63) is 0 Å². The Hall–Kier alpha value is 0.200. The van der Waals surface area contributed by atoms with E-state index in [4.69, 9.17) is 10.7 Å². The summed E-state index contributed by atoms with van der Waals surface area (Å²) in [4.78, 5) is 0. The van der Waals surface area contributed by atoms with Gasteiger partial charge in [-0.15, -0.1) is 0 Å². The number of hydrogen-bond acceptors (Lipinski definition) is 2. The standard InChI is InChI=1S/C7H14ClNO2S/c1-7(9-12(8,10)11)5-3-2-4-6-7/h9H,2-6H2,1H3. The molecule has 0 aromatic rings. The molecule has 0 unspecified atom stereocenters. The maximum absolute atomic E-state index is 10.8. The van der Waals surface area contributed by atoms with Crippen molar-refractivity contribution in [2.75, 3.05) is 0 Å². The molecule has 1 N–H and O–H groups in total. The molecule has 1 aliphatic carbocycles. The van der Waals surface area contributed by atoms with Crippen LogP contribution < -0.4 is 4.72 Å². The van der Waals surface area contributed by atoms with Crippen LogP contribution in [0.5, 0.6) is 0 Å². The summed E-state index contributed by atoms with van der Waals surface area (Å²) < 4.78 is 24.0. The average molecular weight is 212 g/mol. The zero-order chi connectivity index (χ0) is 9.24. The Morgan fingerprint density at radius 3 is 2.17 bits per heavy atom. The van der Waals surface area contributed by atoms with Gasteiger partial charge in [-0.3, -0.25) is 0 Å². The maximum Gasteiger partial charge on any atom is 0.297 e. The summed E-state index contributed by atoms with van der Waals surface area (Å²) in [5.41, 5.74) is -0.307. The van der Waals surface area contributed by atoms with Crippen LogP contribution in [0.25, 0.3) is 0 Å². The van der Waals surface area contributed by atoms with Gasteiger partial charge in [-0.25, -0.2) is 0 Å². The van der Waals surface area contributed by atoms with Gasteiger partial charge in [0.25, 0.3) is 9.24 Å². The van der Waals surface area contributed by atoms with Crippen molar-refractivity contribution in [3.8, 4) is 0 Å². The van der Waals surface area contributed by atoms with E-state index < -0.39 is 9.24 Å². The Kier molecular flexibility index (Phi) is 3.01. The van der Waals surface area contributed by atoms with Crippen molar-refractivity contribution >= 4 is 19.9 Å². The molecule has 0 amide bonds. The molecule has 0 atom stereocenters. The predicted molar refractivity (Wildman–Crippen MR) is 49.4 cm³/mol. The van der Waals surface area contributed by atoms with Gasteiger partial charge in [-0.2, -0.15) is 13.1 Å². The van der Waals surface area contributed by atoms with Crippen molar-refractivity contribution in [2.45, 2.75) is 44.6 Å². The summed E-state index contributed by atoms with van der Waals surface area (Å²) in [6.07, 6.45) is 5.13.